The molecule has 1 unspecified atom stereocenters. The molecule has 1 saturated heterocycles. The third kappa shape index (κ3) is 3.17. The Morgan fingerprint density at radius 1 is 1.40 bits per heavy atom. The van der Waals surface area contributed by atoms with Crippen molar-refractivity contribution >= 4 is 27.5 Å². The van der Waals surface area contributed by atoms with Crippen LogP contribution in [-0.4, -0.2) is 50.1 Å². The second-order valence-corrected chi connectivity index (χ2v) is 8.26. The van der Waals surface area contributed by atoms with E-state index in [0.717, 1.165) is 10.5 Å². The number of carbonyl (C=O) groups is 1. The number of hydrogen-bond acceptors (Lipinski definition) is 4. The maximum absolute atomic E-state index is 12.6. The second-order valence-electron chi connectivity index (χ2n) is 5.15. The normalized spacial score (nSPS) is 20.9. The molecule has 1 aliphatic rings. The molecule has 0 aromatic heterocycles. The average molecular weight is 313 g/mol. The maximum Gasteiger partial charge on any atom is 0.254 e. The summed E-state index contributed by atoms with van der Waals surface area (Å²) >= 11 is 1.59. The fraction of sp³-hybridized carbons (Fsp3) is 0.500. The Kier molecular flexibility index (Phi) is 4.44. The van der Waals surface area contributed by atoms with Crippen molar-refractivity contribution in [2.45, 2.75) is 24.3 Å². The quantitative estimate of drug-likeness (QED) is 0.801. The number of benzene rings is 1. The van der Waals surface area contributed by atoms with Crippen LogP contribution in [0, 0.1) is 6.92 Å². The largest absolute Gasteiger partial charge is 0.338 e. The van der Waals surface area contributed by atoms with E-state index in [2.05, 4.69) is 0 Å². The predicted molar refractivity (Wildman–Crippen MR) is 82.1 cm³/mol. The highest BCUT2D eigenvalue weighted by Crippen LogP contribution is 2.23. The Balaban J connectivity index is 2.23. The van der Waals surface area contributed by atoms with Crippen molar-refractivity contribution in [1.82, 2.24) is 4.90 Å². The SMILES string of the molecule is CSc1ccc(C)c(C(=O)N(C)C2CCS(=O)(=O)C2)c1. The minimum absolute atomic E-state index is 0.0799. The van der Waals surface area contributed by atoms with Gasteiger partial charge < -0.3 is 4.90 Å². The van der Waals surface area contributed by atoms with Gasteiger partial charge in [0.1, 0.15) is 0 Å². The van der Waals surface area contributed by atoms with Crippen LogP contribution in [0.2, 0.25) is 0 Å². The van der Waals surface area contributed by atoms with E-state index in [9.17, 15) is 13.2 Å². The molecule has 0 N–H and O–H groups in total. The van der Waals surface area contributed by atoms with Crippen LogP contribution in [0.4, 0.5) is 0 Å². The van der Waals surface area contributed by atoms with E-state index in [4.69, 9.17) is 0 Å². The fourth-order valence-electron chi connectivity index (χ4n) is 2.40. The molecule has 1 aliphatic heterocycles. The van der Waals surface area contributed by atoms with Gasteiger partial charge in [0.15, 0.2) is 9.84 Å². The third-order valence-electron chi connectivity index (χ3n) is 3.75. The first-order valence-electron chi connectivity index (χ1n) is 6.46. The number of hydrogen-bond donors (Lipinski definition) is 0. The molecule has 110 valence electrons. The van der Waals surface area contributed by atoms with Gasteiger partial charge in [0.05, 0.1) is 11.5 Å². The lowest BCUT2D eigenvalue weighted by Crippen LogP contribution is -2.38. The molecule has 1 aromatic carbocycles. The molecule has 0 aliphatic carbocycles. The van der Waals surface area contributed by atoms with Crippen LogP contribution >= 0.6 is 11.8 Å². The van der Waals surface area contributed by atoms with Crippen LogP contribution in [0.15, 0.2) is 23.1 Å². The number of amides is 1. The first-order chi connectivity index (χ1) is 9.34. The molecule has 0 radical (unpaired) electrons. The fourth-order valence-corrected chi connectivity index (χ4v) is 4.61. The Hall–Kier alpha value is -1.01. The summed E-state index contributed by atoms with van der Waals surface area (Å²) in [4.78, 5) is 15.2. The minimum atomic E-state index is -2.98. The van der Waals surface area contributed by atoms with Gasteiger partial charge in [0, 0.05) is 23.5 Å². The zero-order valence-corrected chi connectivity index (χ0v) is 13.6. The molecule has 1 atom stereocenters. The van der Waals surface area contributed by atoms with E-state index in [-0.39, 0.29) is 23.5 Å². The van der Waals surface area contributed by atoms with Gasteiger partial charge in [-0.2, -0.15) is 0 Å². The van der Waals surface area contributed by atoms with E-state index in [1.54, 1.807) is 23.7 Å². The monoisotopic (exact) mass is 313 g/mol. The molecule has 1 aromatic rings. The van der Waals surface area contributed by atoms with E-state index >= 15 is 0 Å². The average Bonchev–Trinajstić information content (AvgIpc) is 2.78. The molecule has 1 amide bonds. The Labute approximate surface area is 124 Å². The summed E-state index contributed by atoms with van der Waals surface area (Å²) in [6, 6.07) is 5.59. The molecule has 2 rings (SSSR count). The summed E-state index contributed by atoms with van der Waals surface area (Å²) < 4.78 is 23.1. The Bertz CT molecular complexity index is 625. The second kappa shape index (κ2) is 5.77. The summed E-state index contributed by atoms with van der Waals surface area (Å²) in [6.45, 7) is 1.90. The topological polar surface area (TPSA) is 54.5 Å². The summed E-state index contributed by atoms with van der Waals surface area (Å²) in [5.41, 5.74) is 1.57. The third-order valence-corrected chi connectivity index (χ3v) is 6.23. The van der Waals surface area contributed by atoms with Gasteiger partial charge in [-0.1, -0.05) is 6.07 Å². The lowest BCUT2D eigenvalue weighted by Gasteiger charge is -2.24. The van der Waals surface area contributed by atoms with Crippen molar-refractivity contribution in [3.63, 3.8) is 0 Å². The van der Waals surface area contributed by atoms with Gasteiger partial charge >= 0.3 is 0 Å². The summed E-state index contributed by atoms with van der Waals surface area (Å²) in [6.07, 6.45) is 2.50. The number of thioether (sulfide) groups is 1. The van der Waals surface area contributed by atoms with Crippen molar-refractivity contribution in [1.29, 1.82) is 0 Å². The van der Waals surface area contributed by atoms with Crippen molar-refractivity contribution in [3.05, 3.63) is 29.3 Å². The van der Waals surface area contributed by atoms with Crippen LogP contribution in [0.5, 0.6) is 0 Å². The van der Waals surface area contributed by atoms with Crippen molar-refractivity contribution in [2.24, 2.45) is 0 Å². The molecule has 0 bridgehead atoms. The van der Waals surface area contributed by atoms with Gasteiger partial charge in [-0.15, -0.1) is 11.8 Å². The van der Waals surface area contributed by atoms with Gasteiger partial charge in [-0.05, 0) is 37.3 Å². The van der Waals surface area contributed by atoms with Crippen LogP contribution in [0.25, 0.3) is 0 Å². The number of carbonyl (C=O) groups excluding carboxylic acids is 1. The van der Waals surface area contributed by atoms with Crippen molar-refractivity contribution in [2.75, 3.05) is 24.8 Å². The number of sulfone groups is 1. The van der Waals surface area contributed by atoms with E-state index < -0.39 is 9.84 Å². The summed E-state index contributed by atoms with van der Waals surface area (Å²) in [7, 11) is -1.28. The molecular formula is C14H19NO3S2. The number of aryl methyl sites for hydroxylation is 1. The van der Waals surface area contributed by atoms with Gasteiger partial charge in [-0.3, -0.25) is 4.79 Å². The lowest BCUT2D eigenvalue weighted by molar-refractivity contribution is 0.0746. The van der Waals surface area contributed by atoms with E-state index in [1.165, 1.54) is 0 Å². The molecule has 1 heterocycles. The first kappa shape index (κ1) is 15.4. The van der Waals surface area contributed by atoms with Crippen LogP contribution < -0.4 is 0 Å². The van der Waals surface area contributed by atoms with Gasteiger partial charge in [0.2, 0.25) is 0 Å². The van der Waals surface area contributed by atoms with Crippen LogP contribution in [-0.2, 0) is 9.84 Å². The molecule has 20 heavy (non-hydrogen) atoms. The highest BCUT2D eigenvalue weighted by Gasteiger charge is 2.33. The summed E-state index contributed by atoms with van der Waals surface area (Å²) in [5.74, 6) is 0.163. The van der Waals surface area contributed by atoms with Gasteiger partial charge in [0.25, 0.3) is 5.91 Å². The maximum atomic E-state index is 12.6. The molecule has 0 spiro atoms. The Morgan fingerprint density at radius 2 is 2.10 bits per heavy atom. The Morgan fingerprint density at radius 3 is 2.65 bits per heavy atom. The minimum Gasteiger partial charge on any atom is -0.338 e. The molecule has 1 fully saturated rings. The van der Waals surface area contributed by atoms with Crippen LogP contribution in [0.1, 0.15) is 22.3 Å². The molecule has 4 nitrogen and oxygen atoms in total. The van der Waals surface area contributed by atoms with Gasteiger partial charge in [-0.25, -0.2) is 8.42 Å². The highest BCUT2D eigenvalue weighted by atomic mass is 32.2. The lowest BCUT2D eigenvalue weighted by atomic mass is 10.1. The molecule has 0 saturated carbocycles. The predicted octanol–water partition coefficient (Wildman–Crippen LogP) is 1.98. The van der Waals surface area contributed by atoms with Crippen molar-refractivity contribution < 1.29 is 13.2 Å². The smallest absolute Gasteiger partial charge is 0.254 e. The molecule has 6 heteroatoms. The standard InChI is InChI=1S/C14H19NO3S2/c1-10-4-5-12(19-3)8-13(10)14(16)15(2)11-6-7-20(17,18)9-11/h4-5,8,11H,6-7,9H2,1-3H3. The molecular weight excluding hydrogens is 294 g/mol. The van der Waals surface area contributed by atoms with Crippen LogP contribution in [0.3, 0.4) is 0 Å². The number of rotatable bonds is 3. The first-order valence-corrected chi connectivity index (χ1v) is 9.51. The van der Waals surface area contributed by atoms with Crippen molar-refractivity contribution in [3.8, 4) is 0 Å². The zero-order chi connectivity index (χ0) is 14.9. The zero-order valence-electron chi connectivity index (χ0n) is 11.9. The number of nitrogens with zero attached hydrogens (tertiary/aromatic N) is 1. The highest BCUT2D eigenvalue weighted by molar-refractivity contribution is 7.98. The van der Waals surface area contributed by atoms with E-state index in [1.807, 2.05) is 31.4 Å². The van der Waals surface area contributed by atoms with E-state index in [0.29, 0.717) is 12.0 Å². The summed E-state index contributed by atoms with van der Waals surface area (Å²) in [5, 5.41) is 0.